The Morgan fingerprint density at radius 3 is 0.979 bits per heavy atom. The zero-order chi connectivity index (χ0) is 96.1. The van der Waals surface area contributed by atoms with Crippen molar-refractivity contribution in [2.45, 2.75) is 32.0 Å². The van der Waals surface area contributed by atoms with Crippen LogP contribution in [0.3, 0.4) is 0 Å². The first kappa shape index (κ1) is 90.3. The summed E-state index contributed by atoms with van der Waals surface area (Å²) >= 11 is 0. The van der Waals surface area contributed by atoms with E-state index in [1.54, 1.807) is 42.7 Å². The van der Waals surface area contributed by atoms with Crippen LogP contribution in [-0.4, -0.2) is 90.8 Å². The molecule has 3 amide bonds. The Bertz CT molecular complexity index is 8720. The van der Waals surface area contributed by atoms with Crippen molar-refractivity contribution in [2.75, 3.05) is 0 Å². The van der Waals surface area contributed by atoms with Gasteiger partial charge in [-0.05, 0) is 209 Å². The summed E-state index contributed by atoms with van der Waals surface area (Å²) in [6.07, 6.45) is 25.7. The lowest BCUT2D eigenvalue weighted by Gasteiger charge is -2.06. The number of carboxylic acid groups (broad SMARTS) is 1. The van der Waals surface area contributed by atoms with E-state index in [0.29, 0.717) is 78.0 Å². The number of aromatic nitrogens is 11. The molecule has 7 heterocycles. The number of furan rings is 1. The van der Waals surface area contributed by atoms with Gasteiger partial charge in [0.15, 0.2) is 0 Å². The quantitative estimate of drug-likeness (QED) is 0.0341. The lowest BCUT2D eigenvalue weighted by molar-refractivity contribution is 0.0691. The van der Waals surface area contributed by atoms with E-state index in [-0.39, 0.29) is 52.9 Å². The van der Waals surface area contributed by atoms with E-state index in [2.05, 4.69) is 175 Å². The van der Waals surface area contributed by atoms with E-state index in [0.717, 1.165) is 90.0 Å². The second kappa shape index (κ2) is 40.9. The van der Waals surface area contributed by atoms with Gasteiger partial charge in [0.05, 0.1) is 96.7 Å². The van der Waals surface area contributed by atoms with Gasteiger partial charge in [-0.15, -0.1) is 0 Å². The number of aromatic amines is 5. The first-order valence-electron chi connectivity index (χ1n) is 44.5. The van der Waals surface area contributed by atoms with Crippen LogP contribution in [0.25, 0.3) is 169 Å². The lowest BCUT2D eigenvalue weighted by atomic mass is 10.1. The molecule has 15 aromatic carbocycles. The van der Waals surface area contributed by atoms with Crippen LogP contribution in [-0.2, 0) is 13.1 Å². The number of carboxylic acids is 1. The zero-order valence-electron chi connectivity index (χ0n) is 74.2. The first-order valence-corrected chi connectivity index (χ1v) is 44.5. The first-order chi connectivity index (χ1) is 68.4. The van der Waals surface area contributed by atoms with Crippen LogP contribution in [0, 0.1) is 40.4 Å². The molecule has 21 nitrogen and oxygen atoms in total. The van der Waals surface area contributed by atoms with Gasteiger partial charge in [0, 0.05) is 82.2 Å². The third-order valence-corrected chi connectivity index (χ3v) is 23.6. The van der Waals surface area contributed by atoms with Crippen LogP contribution in [0.15, 0.2) is 320 Å². The Hall–Kier alpha value is -18.9. The summed E-state index contributed by atoms with van der Waals surface area (Å²) in [4.78, 5) is 52.5. The van der Waals surface area contributed by atoms with Crippen LogP contribution < -0.4 is 16.0 Å². The number of halogens is 5. The Balaban J connectivity index is 0.000000112. The van der Waals surface area contributed by atoms with Crippen molar-refractivity contribution in [3.05, 3.63) is 440 Å². The molecule has 7 aromatic heterocycles. The Labute approximate surface area is 794 Å². The minimum Gasteiger partial charge on any atom is -0.478 e. The van der Waals surface area contributed by atoms with Gasteiger partial charge in [-0.2, -0.15) is 30.8 Å². The van der Waals surface area contributed by atoms with E-state index >= 15 is 0 Å². The summed E-state index contributed by atoms with van der Waals surface area (Å²) in [6.45, 7) is 0.452. The van der Waals surface area contributed by atoms with E-state index < -0.39 is 46.9 Å². The van der Waals surface area contributed by atoms with E-state index in [9.17, 15) is 41.1 Å². The van der Waals surface area contributed by atoms with Gasteiger partial charge in [0.2, 0.25) is 0 Å². The smallest absolute Gasteiger partial charge is 0.338 e. The summed E-state index contributed by atoms with van der Waals surface area (Å²) < 4.78 is 75.9. The number of benzene rings is 15. The van der Waals surface area contributed by atoms with Gasteiger partial charge in [-0.3, -0.25) is 44.9 Å². The third-order valence-electron chi connectivity index (χ3n) is 23.6. The molecule has 23 rings (SSSR count). The molecule has 0 aliphatic heterocycles. The topological polar surface area (TPSA) is 318 Å². The van der Waals surface area contributed by atoms with Crippen LogP contribution in [0.5, 0.6) is 0 Å². The second-order valence-corrected chi connectivity index (χ2v) is 33.1. The van der Waals surface area contributed by atoms with Crippen molar-refractivity contribution >= 4 is 193 Å². The van der Waals surface area contributed by atoms with Crippen molar-refractivity contribution in [1.29, 1.82) is 5.26 Å². The maximum absolute atomic E-state index is 14.6. The molecular formula is C114H80F5N15O6. The minimum atomic E-state index is -1.30. The van der Waals surface area contributed by atoms with Gasteiger partial charge >= 0.3 is 5.97 Å². The molecule has 0 saturated heterocycles. The van der Waals surface area contributed by atoms with Crippen LogP contribution in [0.1, 0.15) is 127 Å². The molecule has 1 aliphatic rings. The molecule has 140 heavy (non-hydrogen) atoms. The average Bonchev–Trinajstić information content (AvgIpc) is 1.63. The predicted octanol–water partition coefficient (Wildman–Crippen LogP) is 25.4. The highest BCUT2D eigenvalue weighted by Crippen LogP contribution is 2.33. The molecule has 1 aliphatic carbocycles. The molecular weight excluding hydrogens is 1770 g/mol. The number of fused-ring (bicyclic) bond motifs is 10. The third kappa shape index (κ3) is 21.0. The van der Waals surface area contributed by atoms with Gasteiger partial charge in [-0.1, -0.05) is 218 Å². The molecule has 682 valence electrons. The second-order valence-electron chi connectivity index (χ2n) is 33.1. The number of pyridine rings is 1. The molecule has 9 N–H and O–H groups in total. The minimum absolute atomic E-state index is 0.0178. The molecule has 0 bridgehead atoms. The lowest BCUT2D eigenvalue weighted by Crippen LogP contribution is -2.26. The standard InChI is InChI=1S/C26H19FN4O.C25H18FN3O2.C23H18FN3O.C20H12FN3.C20H13FN2O2/c27-23-14-25-22(13-21(23)26(32)29-16-18-4-3-11-28-15-18)24(30-31-25)10-8-17-7-9-19-5-1-2-6-20(19)12-17;26-22-14-24-21(13-20(22)25(30)27-15-19-6-3-11-31-19)23(28-29-24)10-8-16-7-9-17-4-1-2-5-18(17)12-16;24-20-13-22-19(12-18(20)23(28)25-17-8-9-17)21(26-27-22)10-6-14-5-7-15-3-1-2-4-16(15)11-14;21-18-11-20-17(10-16(18)12-22)19(23-24-20)8-6-13-5-7-14-3-1-2-4-15(14)9-13;21-17-11-19-16(10-15(17)20(24)25)18(22-23-19)8-6-12-5-7-13-3-1-2-4-14(13)9-12/h1-15H,16H2,(H,29,32)(H,30,31);1-14H,15H2,(H,27,30)(H,28,29);1-7,10-13,17H,8-9H2,(H,25,28)(H,26,27);1-11H,(H,23,24);1-11H,(H,22,23)(H,24,25)/b2*10-8+;10-6+;2*8-6+. The average molecular weight is 1850 g/mol. The number of hydrogen-bond acceptors (Lipinski definition) is 12. The number of nitrogens with one attached hydrogen (secondary N) is 8. The molecule has 0 spiro atoms. The summed E-state index contributed by atoms with van der Waals surface area (Å²) in [5.74, 6) is -5.16. The predicted molar refractivity (Wildman–Crippen MR) is 542 cm³/mol. The number of aromatic carboxylic acids is 1. The van der Waals surface area contributed by atoms with Gasteiger partial charge in [-0.25, -0.2) is 26.7 Å². The molecule has 0 unspecified atom stereocenters. The molecule has 0 atom stereocenters. The number of H-pyrrole nitrogens is 5. The molecule has 1 fully saturated rings. The molecule has 26 heteroatoms. The van der Waals surface area contributed by atoms with Crippen molar-refractivity contribution in [1.82, 2.24) is 71.9 Å². The number of rotatable bonds is 19. The number of nitrogens with zero attached hydrogens (tertiary/aromatic N) is 7. The Morgan fingerprint density at radius 1 is 0.350 bits per heavy atom. The SMILES string of the molecule is N#Cc1cc2c(/C=C/c3ccc4ccccc4c3)n[nH]c2cc1F.O=C(NC1CC1)c1cc2c(/C=C/c3ccc4ccccc4c3)n[nH]c2cc1F.O=C(NCc1cccnc1)c1cc2c(/C=C/c3ccc4ccccc4c3)n[nH]c2cc1F.O=C(NCc1ccco1)c1cc2c(/C=C/c3ccc4ccccc4c3)n[nH]c2cc1F.O=C(O)c1cc2c(/C=C/c3ccc4ccccc4c3)n[nH]c2cc1F. The summed E-state index contributed by atoms with van der Waals surface area (Å²) in [5.41, 5.74) is 11.4. The van der Waals surface area contributed by atoms with E-state index in [1.807, 2.05) is 176 Å². The fourth-order valence-electron chi connectivity index (χ4n) is 16.1. The van der Waals surface area contributed by atoms with Crippen molar-refractivity contribution < 1.29 is 50.7 Å². The van der Waals surface area contributed by atoms with E-state index in [4.69, 9.17) is 14.8 Å². The molecule has 22 aromatic rings. The number of carbonyl (C=O) groups is 4. The number of carbonyl (C=O) groups excluding carboxylic acids is 3. The highest BCUT2D eigenvalue weighted by Gasteiger charge is 2.27. The van der Waals surface area contributed by atoms with Gasteiger partial charge < -0.3 is 25.5 Å². The monoisotopic (exact) mass is 1850 g/mol. The summed E-state index contributed by atoms with van der Waals surface area (Å²) in [6, 6.07) is 94.6. The maximum Gasteiger partial charge on any atom is 0.338 e. The van der Waals surface area contributed by atoms with Gasteiger partial charge in [0.25, 0.3) is 17.7 Å². The highest BCUT2D eigenvalue weighted by atomic mass is 19.1. The molecule has 1 saturated carbocycles. The van der Waals surface area contributed by atoms with Crippen molar-refractivity contribution in [3.63, 3.8) is 0 Å². The van der Waals surface area contributed by atoms with Crippen molar-refractivity contribution in [3.8, 4) is 6.07 Å². The van der Waals surface area contributed by atoms with Crippen molar-refractivity contribution in [2.24, 2.45) is 0 Å². The van der Waals surface area contributed by atoms with Gasteiger partial charge in [0.1, 0.15) is 40.9 Å². The van der Waals surface area contributed by atoms with Crippen LogP contribution in [0.2, 0.25) is 0 Å². The normalized spacial score (nSPS) is 12.0. The Morgan fingerprint density at radius 2 is 0.664 bits per heavy atom. The summed E-state index contributed by atoms with van der Waals surface area (Å²) in [7, 11) is 0. The number of amides is 3. The van der Waals surface area contributed by atoms with E-state index in [1.165, 1.54) is 81.7 Å². The maximum atomic E-state index is 14.6. The zero-order valence-corrected chi connectivity index (χ0v) is 74.2. The largest absolute Gasteiger partial charge is 0.478 e. The number of nitriles is 1. The number of hydrogen-bond donors (Lipinski definition) is 9. The van der Waals surface area contributed by atoms with Crippen LogP contribution in [0.4, 0.5) is 22.0 Å². The highest BCUT2D eigenvalue weighted by molar-refractivity contribution is 6.05. The molecule has 0 radical (unpaired) electrons. The fourth-order valence-corrected chi connectivity index (χ4v) is 16.1. The fraction of sp³-hybridized carbons (Fsp3) is 0.0439. The van der Waals surface area contributed by atoms with Crippen LogP contribution >= 0.6 is 0 Å². The Kier molecular flexibility index (Phi) is 26.4. The summed E-state index contributed by atoms with van der Waals surface area (Å²) in [5, 5.41) is 76.5.